The van der Waals surface area contributed by atoms with Crippen LogP contribution in [0, 0.1) is 5.92 Å². The fourth-order valence-electron chi connectivity index (χ4n) is 2.46. The summed E-state index contributed by atoms with van der Waals surface area (Å²) in [6.07, 6.45) is 5.36. The normalized spacial score (nSPS) is 20.3. The molecule has 2 atom stereocenters. The van der Waals surface area contributed by atoms with Gasteiger partial charge in [0.2, 0.25) is 0 Å². The van der Waals surface area contributed by atoms with Crippen LogP contribution in [-0.2, 0) is 6.42 Å². The third-order valence-corrected chi connectivity index (χ3v) is 3.60. The molecule has 0 saturated heterocycles. The first kappa shape index (κ1) is 15.4. The number of hydrogen-bond acceptors (Lipinski definition) is 3. The van der Waals surface area contributed by atoms with Crippen molar-refractivity contribution >= 4 is 6.03 Å². The number of carbonyl (C=O) groups excluding carboxylic acids is 1. The van der Waals surface area contributed by atoms with Gasteiger partial charge >= 0.3 is 6.03 Å². The number of aliphatic hydroxyl groups excluding tert-OH is 1. The summed E-state index contributed by atoms with van der Waals surface area (Å²) in [6.45, 7) is 0.677. The minimum absolute atomic E-state index is 0.00779. The minimum Gasteiger partial charge on any atom is -0.496 e. The van der Waals surface area contributed by atoms with E-state index in [2.05, 4.69) is 10.6 Å². The van der Waals surface area contributed by atoms with E-state index in [1.165, 1.54) is 0 Å². The Labute approximate surface area is 125 Å². The summed E-state index contributed by atoms with van der Waals surface area (Å²) < 4.78 is 5.27. The highest BCUT2D eigenvalue weighted by atomic mass is 16.5. The van der Waals surface area contributed by atoms with E-state index in [9.17, 15) is 4.79 Å². The molecule has 21 heavy (non-hydrogen) atoms. The van der Waals surface area contributed by atoms with Crippen molar-refractivity contribution in [2.24, 2.45) is 5.92 Å². The van der Waals surface area contributed by atoms with Crippen LogP contribution in [0.5, 0.6) is 5.75 Å². The average Bonchev–Trinajstić information content (AvgIpc) is 2.95. The maximum Gasteiger partial charge on any atom is 0.315 e. The van der Waals surface area contributed by atoms with Crippen LogP contribution in [0.3, 0.4) is 0 Å². The molecule has 5 nitrogen and oxygen atoms in total. The smallest absolute Gasteiger partial charge is 0.315 e. The maximum atomic E-state index is 11.8. The van der Waals surface area contributed by atoms with E-state index in [0.29, 0.717) is 6.54 Å². The van der Waals surface area contributed by atoms with E-state index in [1.54, 1.807) is 7.11 Å². The van der Waals surface area contributed by atoms with Crippen LogP contribution in [0.4, 0.5) is 4.79 Å². The van der Waals surface area contributed by atoms with Crippen LogP contribution in [0.15, 0.2) is 36.4 Å². The molecule has 0 fully saturated rings. The van der Waals surface area contributed by atoms with Gasteiger partial charge in [-0.2, -0.15) is 0 Å². The predicted octanol–water partition coefficient (Wildman–Crippen LogP) is 1.47. The second-order valence-corrected chi connectivity index (χ2v) is 5.13. The molecule has 0 heterocycles. The molecule has 0 saturated carbocycles. The zero-order chi connectivity index (χ0) is 15.1. The van der Waals surface area contributed by atoms with Gasteiger partial charge in [-0.05, 0) is 24.5 Å². The van der Waals surface area contributed by atoms with Gasteiger partial charge in [0.05, 0.1) is 7.11 Å². The van der Waals surface area contributed by atoms with E-state index in [-0.39, 0.29) is 24.6 Å². The molecule has 114 valence electrons. The number of carbonyl (C=O) groups is 1. The van der Waals surface area contributed by atoms with Gasteiger partial charge in [0.1, 0.15) is 5.75 Å². The highest BCUT2D eigenvalue weighted by Crippen LogP contribution is 2.18. The molecular formula is C16H22N2O3. The van der Waals surface area contributed by atoms with Crippen molar-refractivity contribution in [2.45, 2.75) is 18.9 Å². The van der Waals surface area contributed by atoms with E-state index in [0.717, 1.165) is 24.2 Å². The monoisotopic (exact) mass is 290 g/mol. The third kappa shape index (κ3) is 4.49. The number of urea groups is 1. The summed E-state index contributed by atoms with van der Waals surface area (Å²) in [6, 6.07) is 7.60. The van der Waals surface area contributed by atoms with E-state index in [1.807, 2.05) is 36.4 Å². The molecule has 1 aromatic rings. The van der Waals surface area contributed by atoms with Crippen molar-refractivity contribution in [3.63, 3.8) is 0 Å². The molecule has 5 heteroatoms. The maximum absolute atomic E-state index is 11.8. The van der Waals surface area contributed by atoms with Crippen LogP contribution in [0.1, 0.15) is 12.0 Å². The fraction of sp³-hybridized carbons (Fsp3) is 0.438. The highest BCUT2D eigenvalue weighted by molar-refractivity contribution is 5.74. The molecule has 0 spiro atoms. The van der Waals surface area contributed by atoms with Gasteiger partial charge in [-0.3, -0.25) is 0 Å². The molecule has 2 amide bonds. The summed E-state index contributed by atoms with van der Waals surface area (Å²) in [5, 5.41) is 14.8. The SMILES string of the molecule is COc1ccccc1CCNC(=O)N[C@@H]1C=C[C@H](CO)C1. The van der Waals surface area contributed by atoms with Gasteiger partial charge in [-0.15, -0.1) is 0 Å². The van der Waals surface area contributed by atoms with E-state index < -0.39 is 0 Å². The van der Waals surface area contributed by atoms with Crippen LogP contribution in [0.25, 0.3) is 0 Å². The highest BCUT2D eigenvalue weighted by Gasteiger charge is 2.19. The lowest BCUT2D eigenvalue weighted by Gasteiger charge is -2.14. The Morgan fingerprint density at radius 1 is 1.38 bits per heavy atom. The standard InChI is InChI=1S/C16H22N2O3/c1-21-15-5-3-2-4-13(15)8-9-17-16(20)18-14-7-6-12(10-14)11-19/h2-7,12,14,19H,8-11H2,1H3,(H2,17,18,20)/t12-,14+/m0/s1. The Kier molecular flexibility index (Phi) is 5.63. The van der Waals surface area contributed by atoms with Gasteiger partial charge in [-0.1, -0.05) is 30.4 Å². The van der Waals surface area contributed by atoms with Crippen LogP contribution in [-0.4, -0.2) is 37.4 Å². The van der Waals surface area contributed by atoms with Gasteiger partial charge in [-0.25, -0.2) is 4.79 Å². The molecule has 2 rings (SSSR count). The first-order chi connectivity index (χ1) is 10.2. The Hall–Kier alpha value is -2.01. The largest absolute Gasteiger partial charge is 0.496 e. The molecule has 1 aliphatic carbocycles. The molecule has 1 aromatic carbocycles. The van der Waals surface area contributed by atoms with E-state index in [4.69, 9.17) is 9.84 Å². The third-order valence-electron chi connectivity index (χ3n) is 3.60. The summed E-state index contributed by atoms with van der Waals surface area (Å²) in [7, 11) is 1.64. The number of methoxy groups -OCH3 is 1. The number of nitrogens with one attached hydrogen (secondary N) is 2. The van der Waals surface area contributed by atoms with E-state index >= 15 is 0 Å². The van der Waals surface area contributed by atoms with Crippen molar-refractivity contribution in [3.05, 3.63) is 42.0 Å². The van der Waals surface area contributed by atoms with Gasteiger partial charge in [0.25, 0.3) is 0 Å². The number of ether oxygens (including phenoxy) is 1. The number of hydrogen-bond donors (Lipinski definition) is 3. The first-order valence-electron chi connectivity index (χ1n) is 7.18. The second-order valence-electron chi connectivity index (χ2n) is 5.13. The average molecular weight is 290 g/mol. The lowest BCUT2D eigenvalue weighted by atomic mass is 10.1. The van der Waals surface area contributed by atoms with Crippen molar-refractivity contribution in [3.8, 4) is 5.75 Å². The van der Waals surface area contributed by atoms with Crippen LogP contribution >= 0.6 is 0 Å². The zero-order valence-corrected chi connectivity index (χ0v) is 12.2. The zero-order valence-electron chi connectivity index (χ0n) is 12.2. The lowest BCUT2D eigenvalue weighted by molar-refractivity contribution is 0.231. The second kappa shape index (κ2) is 7.69. The Morgan fingerprint density at radius 2 is 2.19 bits per heavy atom. The van der Waals surface area contributed by atoms with Gasteiger partial charge < -0.3 is 20.5 Å². The first-order valence-corrected chi connectivity index (χ1v) is 7.18. The summed E-state index contributed by atoms with van der Waals surface area (Å²) in [5.41, 5.74) is 1.07. The van der Waals surface area contributed by atoms with Crippen LogP contribution < -0.4 is 15.4 Å². The number of para-hydroxylation sites is 1. The van der Waals surface area contributed by atoms with Crippen LogP contribution in [0.2, 0.25) is 0 Å². The molecule has 0 aromatic heterocycles. The molecule has 0 bridgehead atoms. The number of rotatable bonds is 6. The molecule has 0 unspecified atom stereocenters. The lowest BCUT2D eigenvalue weighted by Crippen LogP contribution is -2.41. The van der Waals surface area contributed by atoms with Gasteiger partial charge in [0.15, 0.2) is 0 Å². The number of aliphatic hydroxyl groups is 1. The van der Waals surface area contributed by atoms with Crippen molar-refractivity contribution in [1.82, 2.24) is 10.6 Å². The molecule has 3 N–H and O–H groups in total. The fourth-order valence-corrected chi connectivity index (χ4v) is 2.46. The number of benzene rings is 1. The molecule has 0 radical (unpaired) electrons. The summed E-state index contributed by atoms with van der Waals surface area (Å²) >= 11 is 0. The number of amides is 2. The summed E-state index contributed by atoms with van der Waals surface area (Å²) in [4.78, 5) is 11.8. The minimum atomic E-state index is -0.182. The van der Waals surface area contributed by atoms with Crippen molar-refractivity contribution < 1.29 is 14.6 Å². The predicted molar refractivity (Wildman–Crippen MR) is 81.4 cm³/mol. The topological polar surface area (TPSA) is 70.6 Å². The Bertz CT molecular complexity index is 502. The van der Waals surface area contributed by atoms with Gasteiger partial charge in [0, 0.05) is 25.1 Å². The van der Waals surface area contributed by atoms with Crippen molar-refractivity contribution in [1.29, 1.82) is 0 Å². The Balaban J connectivity index is 1.71. The molecule has 1 aliphatic rings. The quantitative estimate of drug-likeness (QED) is 0.695. The Morgan fingerprint density at radius 3 is 2.90 bits per heavy atom. The van der Waals surface area contributed by atoms with Crippen molar-refractivity contribution in [2.75, 3.05) is 20.3 Å². The summed E-state index contributed by atoms with van der Waals surface area (Å²) in [5.74, 6) is 0.994. The molecule has 0 aliphatic heterocycles. The molecular weight excluding hydrogens is 268 g/mol.